The van der Waals surface area contributed by atoms with E-state index >= 15 is 0 Å². The van der Waals surface area contributed by atoms with Crippen LogP contribution >= 0.6 is 11.3 Å². The lowest BCUT2D eigenvalue weighted by molar-refractivity contribution is -0.384. The molecule has 164 valence electrons. The Labute approximate surface area is 196 Å². The summed E-state index contributed by atoms with van der Waals surface area (Å²) in [5, 5.41) is 28.5. The predicted octanol–water partition coefficient (Wildman–Crippen LogP) is 5.95. The molecule has 0 saturated carbocycles. The number of hydrogen-bond acceptors (Lipinski definition) is 8. The largest absolute Gasteiger partial charge is 0.422 e. The minimum absolute atomic E-state index is 0.111. The molecule has 0 atom stereocenters. The van der Waals surface area contributed by atoms with E-state index < -0.39 is 10.5 Å². The molecule has 0 aliphatic heterocycles. The fourth-order valence-corrected chi connectivity index (χ4v) is 4.35. The van der Waals surface area contributed by atoms with Crippen molar-refractivity contribution in [3.05, 3.63) is 104 Å². The molecular formula is C25H14N4O4S. The lowest BCUT2D eigenvalue weighted by atomic mass is 10.1. The summed E-state index contributed by atoms with van der Waals surface area (Å²) < 4.78 is 5.32. The number of nitro groups is 1. The molecule has 3 aromatic carbocycles. The Morgan fingerprint density at radius 3 is 2.76 bits per heavy atom. The summed E-state index contributed by atoms with van der Waals surface area (Å²) in [6.07, 6.45) is 1.58. The molecule has 0 amide bonds. The molecule has 0 unspecified atom stereocenters. The zero-order valence-corrected chi connectivity index (χ0v) is 18.2. The topological polar surface area (TPSA) is 122 Å². The van der Waals surface area contributed by atoms with Gasteiger partial charge in [0.1, 0.15) is 22.2 Å². The second kappa shape index (κ2) is 8.61. The van der Waals surface area contributed by atoms with Crippen LogP contribution in [0.4, 0.5) is 11.4 Å². The molecule has 9 heteroatoms. The molecule has 2 aromatic heterocycles. The number of rotatable bonds is 5. The van der Waals surface area contributed by atoms with Crippen molar-refractivity contribution < 1.29 is 9.34 Å². The number of nitro benzene ring substituents is 1. The van der Waals surface area contributed by atoms with Gasteiger partial charge in [-0.15, -0.1) is 11.3 Å². The molecule has 5 rings (SSSR count). The molecular weight excluding hydrogens is 452 g/mol. The first-order valence-electron chi connectivity index (χ1n) is 10.1. The van der Waals surface area contributed by atoms with Crippen LogP contribution in [0.25, 0.3) is 38.6 Å². The van der Waals surface area contributed by atoms with Gasteiger partial charge in [-0.2, -0.15) is 5.26 Å². The molecule has 0 saturated heterocycles. The lowest BCUT2D eigenvalue weighted by Gasteiger charge is -2.06. The average molecular weight is 466 g/mol. The van der Waals surface area contributed by atoms with Crippen LogP contribution in [0, 0.1) is 21.4 Å². The van der Waals surface area contributed by atoms with Crippen molar-refractivity contribution in [2.45, 2.75) is 0 Å². The maximum atomic E-state index is 12.5. The Kier molecular flexibility index (Phi) is 5.33. The van der Waals surface area contributed by atoms with Crippen LogP contribution in [0.2, 0.25) is 0 Å². The van der Waals surface area contributed by atoms with Crippen LogP contribution in [-0.2, 0) is 0 Å². The Bertz CT molecular complexity index is 1710. The van der Waals surface area contributed by atoms with Crippen molar-refractivity contribution in [1.29, 1.82) is 5.26 Å². The smallest absolute Gasteiger partial charge is 0.345 e. The standard InChI is InChI=1S/C25H14N4O4S/c26-12-17(13-27-21-7-3-5-15-4-1-2-6-19(15)21)24-28-22(14-34-24)20-11-16-10-18(29(31)32)8-9-23(16)33-25(20)30/h1-11,13-14,27H. The van der Waals surface area contributed by atoms with E-state index in [0.29, 0.717) is 21.7 Å². The minimum Gasteiger partial charge on any atom is -0.422 e. The first-order valence-corrected chi connectivity index (χ1v) is 10.9. The minimum atomic E-state index is -0.616. The quantitative estimate of drug-likeness (QED) is 0.147. The molecule has 2 heterocycles. The van der Waals surface area contributed by atoms with E-state index in [0.717, 1.165) is 16.5 Å². The van der Waals surface area contributed by atoms with Crippen molar-refractivity contribution in [3.8, 4) is 17.3 Å². The van der Waals surface area contributed by atoms with E-state index in [9.17, 15) is 20.2 Å². The molecule has 0 fully saturated rings. The first-order chi connectivity index (χ1) is 16.5. The summed E-state index contributed by atoms with van der Waals surface area (Å²) >= 11 is 1.21. The van der Waals surface area contributed by atoms with Crippen molar-refractivity contribution in [3.63, 3.8) is 0 Å². The van der Waals surface area contributed by atoms with Gasteiger partial charge in [0.25, 0.3) is 5.69 Å². The highest BCUT2D eigenvalue weighted by Gasteiger charge is 2.15. The summed E-state index contributed by atoms with van der Waals surface area (Å²) in [5.41, 5.74) is 1.15. The number of nitrogens with one attached hydrogen (secondary N) is 1. The van der Waals surface area contributed by atoms with Crippen molar-refractivity contribution in [1.82, 2.24) is 4.98 Å². The third-order valence-electron chi connectivity index (χ3n) is 5.22. The first kappa shape index (κ1) is 21.1. The summed E-state index contributed by atoms with van der Waals surface area (Å²) in [6, 6.07) is 21.4. The van der Waals surface area contributed by atoms with Gasteiger partial charge < -0.3 is 9.73 Å². The molecule has 5 aromatic rings. The third kappa shape index (κ3) is 3.90. The van der Waals surface area contributed by atoms with Gasteiger partial charge in [-0.1, -0.05) is 36.4 Å². The van der Waals surface area contributed by atoms with Crippen LogP contribution in [0.5, 0.6) is 0 Å². The van der Waals surface area contributed by atoms with Gasteiger partial charge in [0.15, 0.2) is 0 Å². The number of nitriles is 1. The van der Waals surface area contributed by atoms with Crippen molar-refractivity contribution in [2.75, 3.05) is 5.32 Å². The number of benzene rings is 3. The van der Waals surface area contributed by atoms with E-state index in [2.05, 4.69) is 16.4 Å². The number of hydrogen-bond donors (Lipinski definition) is 1. The van der Waals surface area contributed by atoms with E-state index in [1.165, 1.54) is 35.6 Å². The van der Waals surface area contributed by atoms with Gasteiger partial charge in [-0.05, 0) is 23.6 Å². The van der Waals surface area contributed by atoms with Crippen molar-refractivity contribution >= 4 is 50.0 Å². The highest BCUT2D eigenvalue weighted by molar-refractivity contribution is 7.11. The number of thiazole rings is 1. The zero-order valence-electron chi connectivity index (χ0n) is 17.4. The van der Waals surface area contributed by atoms with E-state index in [-0.39, 0.29) is 16.8 Å². The van der Waals surface area contributed by atoms with Gasteiger partial charge in [0.05, 0.1) is 16.2 Å². The maximum Gasteiger partial charge on any atom is 0.345 e. The summed E-state index contributed by atoms with van der Waals surface area (Å²) in [6.45, 7) is 0. The second-order valence-corrected chi connectivity index (χ2v) is 8.16. The predicted molar refractivity (Wildman–Crippen MR) is 131 cm³/mol. The van der Waals surface area contributed by atoms with Gasteiger partial charge in [-0.25, -0.2) is 9.78 Å². The highest BCUT2D eigenvalue weighted by atomic mass is 32.1. The number of allylic oxidation sites excluding steroid dienone is 1. The van der Waals surface area contributed by atoms with E-state index in [1.54, 1.807) is 11.6 Å². The summed E-state index contributed by atoms with van der Waals surface area (Å²) in [7, 11) is 0. The molecule has 0 aliphatic carbocycles. The fraction of sp³-hybridized carbons (Fsp3) is 0. The number of anilines is 1. The lowest BCUT2D eigenvalue weighted by Crippen LogP contribution is -2.03. The second-order valence-electron chi connectivity index (χ2n) is 7.31. The Morgan fingerprint density at radius 1 is 1.12 bits per heavy atom. The monoisotopic (exact) mass is 466 g/mol. The molecule has 0 spiro atoms. The Morgan fingerprint density at radius 2 is 1.94 bits per heavy atom. The van der Waals surface area contributed by atoms with Crippen LogP contribution in [0.15, 0.2) is 87.5 Å². The SMILES string of the molecule is N#CC(=CNc1cccc2ccccc12)c1nc(-c2cc3cc([N+](=O)[O-])ccc3oc2=O)cs1. The number of fused-ring (bicyclic) bond motifs is 2. The Hall–Kier alpha value is -4.81. The van der Waals surface area contributed by atoms with Gasteiger partial charge in [0, 0.05) is 40.2 Å². The number of nitrogens with zero attached hydrogens (tertiary/aromatic N) is 3. The molecule has 8 nitrogen and oxygen atoms in total. The highest BCUT2D eigenvalue weighted by Crippen LogP contribution is 2.29. The molecule has 1 N–H and O–H groups in total. The summed E-state index contributed by atoms with van der Waals surface area (Å²) in [5.74, 6) is 0. The van der Waals surface area contributed by atoms with Crippen LogP contribution in [-0.4, -0.2) is 9.91 Å². The number of aromatic nitrogens is 1. The summed E-state index contributed by atoms with van der Waals surface area (Å²) in [4.78, 5) is 27.5. The van der Waals surface area contributed by atoms with E-state index in [4.69, 9.17) is 4.42 Å². The van der Waals surface area contributed by atoms with Crippen LogP contribution in [0.3, 0.4) is 0 Å². The number of non-ortho nitro benzene ring substituents is 1. The zero-order chi connectivity index (χ0) is 23.7. The van der Waals surface area contributed by atoms with Gasteiger partial charge in [0.2, 0.25) is 0 Å². The molecule has 0 aliphatic rings. The molecule has 0 bridgehead atoms. The maximum absolute atomic E-state index is 12.5. The average Bonchev–Trinajstić information content (AvgIpc) is 3.33. The van der Waals surface area contributed by atoms with Crippen LogP contribution in [0.1, 0.15) is 5.01 Å². The van der Waals surface area contributed by atoms with Crippen LogP contribution < -0.4 is 10.9 Å². The normalized spacial score (nSPS) is 11.4. The molecule has 34 heavy (non-hydrogen) atoms. The third-order valence-corrected chi connectivity index (χ3v) is 6.09. The van der Waals surface area contributed by atoms with E-state index in [1.807, 2.05) is 42.5 Å². The van der Waals surface area contributed by atoms with Gasteiger partial charge in [-0.3, -0.25) is 10.1 Å². The Balaban J connectivity index is 1.49. The molecule has 0 radical (unpaired) electrons. The van der Waals surface area contributed by atoms with Crippen molar-refractivity contribution in [2.24, 2.45) is 0 Å². The fourth-order valence-electron chi connectivity index (χ4n) is 3.57. The van der Waals surface area contributed by atoms with Gasteiger partial charge >= 0.3 is 5.63 Å².